The topological polar surface area (TPSA) is 110 Å². The molecule has 0 saturated heterocycles. The molecule has 138 valence electrons. The highest BCUT2D eigenvalue weighted by Gasteiger charge is 2.21. The van der Waals surface area contributed by atoms with Crippen LogP contribution in [0, 0.1) is 5.82 Å². The number of amides is 1. The first-order chi connectivity index (χ1) is 13.0. The molecule has 2 N–H and O–H groups in total. The maximum atomic E-state index is 14.1. The van der Waals surface area contributed by atoms with Gasteiger partial charge in [0.2, 0.25) is 0 Å². The molecule has 0 fully saturated rings. The van der Waals surface area contributed by atoms with Crippen LogP contribution in [0.2, 0.25) is 0 Å². The van der Waals surface area contributed by atoms with E-state index in [0.717, 1.165) is 6.07 Å². The summed E-state index contributed by atoms with van der Waals surface area (Å²) >= 11 is 0. The number of benzene rings is 1. The van der Waals surface area contributed by atoms with Crippen molar-refractivity contribution in [2.45, 2.75) is 13.0 Å². The zero-order valence-electron chi connectivity index (χ0n) is 14.6. The highest BCUT2D eigenvalue weighted by atomic mass is 19.1. The van der Waals surface area contributed by atoms with Crippen LogP contribution in [0.3, 0.4) is 0 Å². The van der Waals surface area contributed by atoms with Crippen LogP contribution in [0.25, 0.3) is 11.4 Å². The molecule has 27 heavy (non-hydrogen) atoms. The molecule has 0 saturated carbocycles. The Balaban J connectivity index is 1.89. The summed E-state index contributed by atoms with van der Waals surface area (Å²) in [5, 5.41) is 2.61. The predicted molar refractivity (Wildman–Crippen MR) is 94.7 cm³/mol. The fraction of sp³-hybridized carbons (Fsp3) is 0.167. The van der Waals surface area contributed by atoms with Gasteiger partial charge in [-0.2, -0.15) is 0 Å². The largest absolute Gasteiger partial charge is 0.496 e. The monoisotopic (exact) mass is 369 g/mol. The smallest absolute Gasteiger partial charge is 0.258 e. The van der Waals surface area contributed by atoms with Crippen molar-refractivity contribution in [3.05, 3.63) is 70.4 Å². The second-order valence-corrected chi connectivity index (χ2v) is 5.62. The summed E-state index contributed by atoms with van der Waals surface area (Å²) in [6.07, 6.45) is 2.87. The zero-order valence-corrected chi connectivity index (χ0v) is 14.6. The molecule has 0 aliphatic heterocycles. The molecular formula is C18H16FN5O3. The first-order valence-corrected chi connectivity index (χ1v) is 8.00. The van der Waals surface area contributed by atoms with Gasteiger partial charge in [-0.25, -0.2) is 19.3 Å². The van der Waals surface area contributed by atoms with Gasteiger partial charge in [0, 0.05) is 12.3 Å². The molecule has 1 aromatic carbocycles. The zero-order chi connectivity index (χ0) is 19.4. The van der Waals surface area contributed by atoms with Crippen LogP contribution in [0.4, 0.5) is 4.39 Å². The maximum Gasteiger partial charge on any atom is 0.258 e. The lowest BCUT2D eigenvalue weighted by atomic mass is 10.1. The number of carbonyl (C=O) groups is 1. The second-order valence-electron chi connectivity index (χ2n) is 5.62. The molecule has 2 aromatic heterocycles. The molecule has 0 bridgehead atoms. The van der Waals surface area contributed by atoms with Crippen LogP contribution >= 0.6 is 0 Å². The number of methoxy groups -OCH3 is 1. The van der Waals surface area contributed by atoms with Crippen LogP contribution in [-0.4, -0.2) is 33.0 Å². The van der Waals surface area contributed by atoms with E-state index in [4.69, 9.17) is 4.74 Å². The van der Waals surface area contributed by atoms with Crippen LogP contribution < -0.4 is 15.6 Å². The molecule has 0 radical (unpaired) electrons. The number of aromatic nitrogens is 4. The number of halogens is 1. The summed E-state index contributed by atoms with van der Waals surface area (Å²) in [5.41, 5.74) is 0.173. The Hall–Kier alpha value is -3.62. The van der Waals surface area contributed by atoms with Crippen LogP contribution in [0.1, 0.15) is 29.1 Å². The Kier molecular flexibility index (Phi) is 5.20. The highest BCUT2D eigenvalue weighted by Crippen LogP contribution is 2.22. The molecule has 1 atom stereocenters. The molecule has 8 nitrogen and oxygen atoms in total. The van der Waals surface area contributed by atoms with Crippen molar-refractivity contribution in [2.75, 3.05) is 7.11 Å². The summed E-state index contributed by atoms with van der Waals surface area (Å²) in [5.74, 6) is -1.08. The number of aromatic amines is 1. The van der Waals surface area contributed by atoms with E-state index in [9.17, 15) is 14.0 Å². The third kappa shape index (κ3) is 3.97. The molecule has 2 heterocycles. The lowest BCUT2D eigenvalue weighted by molar-refractivity contribution is 0.0931. The van der Waals surface area contributed by atoms with Gasteiger partial charge >= 0.3 is 0 Å². The molecule has 3 aromatic rings. The van der Waals surface area contributed by atoms with E-state index >= 15 is 0 Å². The van der Waals surface area contributed by atoms with Crippen molar-refractivity contribution in [3.8, 4) is 17.1 Å². The van der Waals surface area contributed by atoms with E-state index in [0.29, 0.717) is 11.4 Å². The standard InChI is InChI=1S/C18H16FN5O3/c1-10(22-18(26)16-11(19)4-3-5-14(16)27-2)17-23-13(8-15(25)24-17)12-6-7-20-9-21-12/h3-10H,1-2H3,(H,22,26)(H,23,24,25). The number of ether oxygens (including phenoxy) is 1. The van der Waals surface area contributed by atoms with E-state index in [-0.39, 0.29) is 17.1 Å². The minimum absolute atomic E-state index is 0.107. The van der Waals surface area contributed by atoms with E-state index in [1.807, 2.05) is 0 Å². The average molecular weight is 369 g/mol. The van der Waals surface area contributed by atoms with Gasteiger partial charge in [0.05, 0.1) is 24.5 Å². The molecule has 0 aliphatic carbocycles. The lowest BCUT2D eigenvalue weighted by Gasteiger charge is -2.15. The van der Waals surface area contributed by atoms with E-state index in [1.165, 1.54) is 37.8 Å². The van der Waals surface area contributed by atoms with Crippen molar-refractivity contribution in [2.24, 2.45) is 0 Å². The SMILES string of the molecule is COc1cccc(F)c1C(=O)NC(C)c1nc(-c2ccncn2)cc(=O)[nH]1. The number of rotatable bonds is 5. The molecule has 0 aliphatic rings. The summed E-state index contributed by atoms with van der Waals surface area (Å²) < 4.78 is 19.1. The third-order valence-electron chi connectivity index (χ3n) is 3.78. The van der Waals surface area contributed by atoms with Gasteiger partial charge in [0.25, 0.3) is 11.5 Å². The van der Waals surface area contributed by atoms with Crippen LogP contribution in [0.15, 0.2) is 47.7 Å². The van der Waals surface area contributed by atoms with Gasteiger partial charge in [-0.1, -0.05) is 6.07 Å². The summed E-state index contributed by atoms with van der Waals surface area (Å²) in [7, 11) is 1.35. The Morgan fingerprint density at radius 1 is 1.30 bits per heavy atom. The van der Waals surface area contributed by atoms with Crippen molar-refractivity contribution in [1.82, 2.24) is 25.3 Å². The molecule has 9 heteroatoms. The normalized spacial score (nSPS) is 11.7. The van der Waals surface area contributed by atoms with E-state index in [2.05, 4.69) is 25.3 Å². The number of nitrogens with zero attached hydrogens (tertiary/aromatic N) is 3. The molecule has 3 rings (SSSR count). The molecule has 1 amide bonds. The number of hydrogen-bond acceptors (Lipinski definition) is 6. The third-order valence-corrected chi connectivity index (χ3v) is 3.78. The Bertz CT molecular complexity index is 1020. The average Bonchev–Trinajstić information content (AvgIpc) is 2.67. The number of hydrogen-bond donors (Lipinski definition) is 2. The highest BCUT2D eigenvalue weighted by molar-refractivity contribution is 5.97. The Morgan fingerprint density at radius 3 is 2.81 bits per heavy atom. The van der Waals surface area contributed by atoms with Gasteiger partial charge in [-0.3, -0.25) is 9.59 Å². The maximum absolute atomic E-state index is 14.1. The van der Waals surface area contributed by atoms with Gasteiger partial charge in [-0.05, 0) is 25.1 Å². The van der Waals surface area contributed by atoms with Gasteiger partial charge in [0.1, 0.15) is 29.3 Å². The van der Waals surface area contributed by atoms with Crippen LogP contribution in [0.5, 0.6) is 5.75 Å². The minimum atomic E-state index is -0.713. The number of nitrogens with one attached hydrogen (secondary N) is 2. The van der Waals surface area contributed by atoms with Gasteiger partial charge in [-0.15, -0.1) is 0 Å². The fourth-order valence-corrected chi connectivity index (χ4v) is 2.49. The molecule has 1 unspecified atom stereocenters. The minimum Gasteiger partial charge on any atom is -0.496 e. The van der Waals surface area contributed by atoms with Crippen molar-refractivity contribution >= 4 is 5.91 Å². The van der Waals surface area contributed by atoms with Crippen molar-refractivity contribution in [3.63, 3.8) is 0 Å². The van der Waals surface area contributed by atoms with Crippen LogP contribution in [-0.2, 0) is 0 Å². The lowest BCUT2D eigenvalue weighted by Crippen LogP contribution is -2.30. The van der Waals surface area contributed by atoms with Crippen molar-refractivity contribution < 1.29 is 13.9 Å². The summed E-state index contributed by atoms with van der Waals surface area (Å²) in [6.45, 7) is 1.62. The fourth-order valence-electron chi connectivity index (χ4n) is 2.49. The second kappa shape index (κ2) is 7.73. The van der Waals surface area contributed by atoms with E-state index < -0.39 is 23.3 Å². The first-order valence-electron chi connectivity index (χ1n) is 8.00. The van der Waals surface area contributed by atoms with Gasteiger partial charge in [0.15, 0.2) is 0 Å². The first kappa shape index (κ1) is 18.2. The Labute approximate surface area is 153 Å². The summed E-state index contributed by atoms with van der Waals surface area (Å²) in [6, 6.07) is 6.30. The quantitative estimate of drug-likeness (QED) is 0.710. The Morgan fingerprint density at radius 2 is 2.11 bits per heavy atom. The number of carbonyl (C=O) groups excluding carboxylic acids is 1. The molecular weight excluding hydrogens is 353 g/mol. The van der Waals surface area contributed by atoms with Crippen molar-refractivity contribution in [1.29, 1.82) is 0 Å². The molecule has 0 spiro atoms. The van der Waals surface area contributed by atoms with Gasteiger partial charge < -0.3 is 15.0 Å². The van der Waals surface area contributed by atoms with E-state index in [1.54, 1.807) is 13.0 Å². The number of H-pyrrole nitrogens is 1. The predicted octanol–water partition coefficient (Wildman–Crippen LogP) is 1.87. The summed E-state index contributed by atoms with van der Waals surface area (Å²) in [4.78, 5) is 39.2.